The molecule has 0 fully saturated rings. The van der Waals surface area contributed by atoms with E-state index in [4.69, 9.17) is 4.74 Å². The first-order valence-electron chi connectivity index (χ1n) is 3.25. The lowest BCUT2D eigenvalue weighted by Crippen LogP contribution is -2.40. The van der Waals surface area contributed by atoms with E-state index < -0.39 is 17.9 Å². The fraction of sp³-hybridized carbons (Fsp3) is 1.00. The summed E-state index contributed by atoms with van der Waals surface area (Å²) in [5, 5.41) is 0. The molecule has 0 bridgehead atoms. The van der Waals surface area contributed by atoms with Crippen LogP contribution in [0.15, 0.2) is 0 Å². The first kappa shape index (κ1) is 9.82. The highest BCUT2D eigenvalue weighted by Crippen LogP contribution is 2.21. The summed E-state index contributed by atoms with van der Waals surface area (Å²) in [4.78, 5) is 0. The average Bonchev–Trinajstić information content (AvgIpc) is 1.86. The zero-order chi connectivity index (χ0) is 8.36. The summed E-state index contributed by atoms with van der Waals surface area (Å²) in [6.07, 6.45) is -3.03. The molecule has 0 N–H and O–H groups in total. The predicted molar refractivity (Wildman–Crippen MR) is 36.6 cm³/mol. The van der Waals surface area contributed by atoms with Gasteiger partial charge in [-0.05, 0) is 20.8 Å². The fourth-order valence-corrected chi connectivity index (χ4v) is 0.666. The standard InChI is InChI=1S/C7H14F2O/c1-5(8)6(9)7(2,3)10-4/h5-6H,1-4H3/t5-,6?/m1/s1. The Morgan fingerprint density at radius 1 is 1.30 bits per heavy atom. The van der Waals surface area contributed by atoms with Crippen LogP contribution < -0.4 is 0 Å². The molecule has 0 saturated heterocycles. The molecule has 0 amide bonds. The summed E-state index contributed by atoms with van der Waals surface area (Å²) < 4.78 is 29.9. The molecule has 0 aliphatic carbocycles. The van der Waals surface area contributed by atoms with Gasteiger partial charge in [0.2, 0.25) is 0 Å². The van der Waals surface area contributed by atoms with Gasteiger partial charge in [-0.25, -0.2) is 8.78 Å². The van der Waals surface area contributed by atoms with E-state index in [0.717, 1.165) is 0 Å². The third-order valence-corrected chi connectivity index (χ3v) is 1.59. The number of ether oxygens (including phenoxy) is 1. The Morgan fingerprint density at radius 3 is 1.80 bits per heavy atom. The summed E-state index contributed by atoms with van der Waals surface area (Å²) in [6.45, 7) is 4.23. The Hall–Kier alpha value is -0.180. The highest BCUT2D eigenvalue weighted by Gasteiger charge is 2.33. The molecule has 0 aromatic rings. The lowest BCUT2D eigenvalue weighted by molar-refractivity contribution is -0.0660. The number of alkyl halides is 2. The van der Waals surface area contributed by atoms with Gasteiger partial charge in [0.1, 0.15) is 6.17 Å². The fourth-order valence-electron chi connectivity index (χ4n) is 0.666. The van der Waals surface area contributed by atoms with Crippen LogP contribution in [-0.4, -0.2) is 25.1 Å². The van der Waals surface area contributed by atoms with Crippen LogP contribution in [0.3, 0.4) is 0 Å². The van der Waals surface area contributed by atoms with Gasteiger partial charge in [-0.1, -0.05) is 0 Å². The lowest BCUT2D eigenvalue weighted by Gasteiger charge is -2.27. The van der Waals surface area contributed by atoms with E-state index in [-0.39, 0.29) is 0 Å². The lowest BCUT2D eigenvalue weighted by atomic mass is 10.00. The minimum Gasteiger partial charge on any atom is -0.376 e. The molecule has 1 nitrogen and oxygen atoms in total. The van der Waals surface area contributed by atoms with Crippen LogP contribution in [-0.2, 0) is 4.74 Å². The SMILES string of the molecule is COC(C)(C)C(F)[C@@H](C)F. The molecule has 0 spiro atoms. The van der Waals surface area contributed by atoms with Crippen molar-refractivity contribution >= 4 is 0 Å². The molecule has 0 aliphatic heterocycles. The predicted octanol–water partition coefficient (Wildman–Crippen LogP) is 2.11. The molecular formula is C7H14F2O. The van der Waals surface area contributed by atoms with Gasteiger partial charge in [0.25, 0.3) is 0 Å². The van der Waals surface area contributed by atoms with Crippen LogP contribution in [0.1, 0.15) is 20.8 Å². The van der Waals surface area contributed by atoms with Crippen molar-refractivity contribution in [3.05, 3.63) is 0 Å². The molecule has 0 heterocycles. The van der Waals surface area contributed by atoms with Crippen molar-refractivity contribution in [3.8, 4) is 0 Å². The third kappa shape index (κ3) is 2.21. The van der Waals surface area contributed by atoms with Crippen LogP contribution in [0, 0.1) is 0 Å². The Bertz CT molecular complexity index is 102. The molecule has 0 aliphatic rings. The molecule has 2 atom stereocenters. The van der Waals surface area contributed by atoms with E-state index in [1.165, 1.54) is 27.9 Å². The topological polar surface area (TPSA) is 9.23 Å². The largest absolute Gasteiger partial charge is 0.376 e. The first-order valence-corrected chi connectivity index (χ1v) is 3.25. The van der Waals surface area contributed by atoms with Crippen molar-refractivity contribution < 1.29 is 13.5 Å². The molecule has 0 aromatic carbocycles. The maximum Gasteiger partial charge on any atom is 0.159 e. The highest BCUT2D eigenvalue weighted by molar-refractivity contribution is 4.82. The van der Waals surface area contributed by atoms with Crippen molar-refractivity contribution in [1.82, 2.24) is 0 Å². The van der Waals surface area contributed by atoms with Crippen molar-refractivity contribution in [1.29, 1.82) is 0 Å². The van der Waals surface area contributed by atoms with Crippen LogP contribution >= 0.6 is 0 Å². The number of halogens is 2. The Labute approximate surface area is 60.4 Å². The molecule has 1 unspecified atom stereocenters. The third-order valence-electron chi connectivity index (χ3n) is 1.59. The Kier molecular flexibility index (Phi) is 3.22. The summed E-state index contributed by atoms with van der Waals surface area (Å²) >= 11 is 0. The Balaban J connectivity index is 4.03. The highest BCUT2D eigenvalue weighted by atomic mass is 19.2. The maximum absolute atomic E-state index is 12.8. The van der Waals surface area contributed by atoms with Crippen molar-refractivity contribution in [2.24, 2.45) is 0 Å². The molecule has 10 heavy (non-hydrogen) atoms. The van der Waals surface area contributed by atoms with Gasteiger partial charge in [0.05, 0.1) is 5.60 Å². The van der Waals surface area contributed by atoms with Crippen LogP contribution in [0.4, 0.5) is 8.78 Å². The van der Waals surface area contributed by atoms with Gasteiger partial charge in [-0.2, -0.15) is 0 Å². The number of rotatable bonds is 3. The summed E-state index contributed by atoms with van der Waals surface area (Å²) in [5.74, 6) is 0. The van der Waals surface area contributed by atoms with Crippen LogP contribution in [0.25, 0.3) is 0 Å². The van der Waals surface area contributed by atoms with Crippen LogP contribution in [0.2, 0.25) is 0 Å². The van der Waals surface area contributed by atoms with E-state index in [1.54, 1.807) is 0 Å². The van der Waals surface area contributed by atoms with Gasteiger partial charge in [0.15, 0.2) is 6.17 Å². The molecular weight excluding hydrogens is 138 g/mol. The van der Waals surface area contributed by atoms with Crippen molar-refractivity contribution in [2.45, 2.75) is 38.7 Å². The number of hydrogen-bond acceptors (Lipinski definition) is 1. The summed E-state index contributed by atoms with van der Waals surface area (Å²) in [7, 11) is 1.37. The molecule has 0 saturated carbocycles. The average molecular weight is 152 g/mol. The second kappa shape index (κ2) is 3.28. The normalized spacial score (nSPS) is 18.6. The molecule has 3 heteroatoms. The van der Waals surface area contributed by atoms with Crippen molar-refractivity contribution in [3.63, 3.8) is 0 Å². The first-order chi connectivity index (χ1) is 4.41. The summed E-state index contributed by atoms with van der Waals surface area (Å²) in [5.41, 5.74) is -1.02. The zero-order valence-electron chi connectivity index (χ0n) is 6.82. The number of hydrogen-bond donors (Lipinski definition) is 0. The molecule has 62 valence electrons. The zero-order valence-corrected chi connectivity index (χ0v) is 6.82. The van der Waals surface area contributed by atoms with Gasteiger partial charge in [-0.15, -0.1) is 0 Å². The Morgan fingerprint density at radius 2 is 1.70 bits per heavy atom. The minimum absolute atomic E-state index is 1.02. The van der Waals surface area contributed by atoms with Gasteiger partial charge >= 0.3 is 0 Å². The van der Waals surface area contributed by atoms with Crippen molar-refractivity contribution in [2.75, 3.05) is 7.11 Å². The van der Waals surface area contributed by atoms with E-state index in [1.807, 2.05) is 0 Å². The molecule has 0 rings (SSSR count). The quantitative estimate of drug-likeness (QED) is 0.601. The molecule has 0 radical (unpaired) electrons. The molecule has 0 aromatic heterocycles. The summed E-state index contributed by atoms with van der Waals surface area (Å²) in [6, 6.07) is 0. The monoisotopic (exact) mass is 152 g/mol. The van der Waals surface area contributed by atoms with Gasteiger partial charge in [-0.3, -0.25) is 0 Å². The maximum atomic E-state index is 12.8. The second-order valence-electron chi connectivity index (χ2n) is 2.89. The van der Waals surface area contributed by atoms with Crippen LogP contribution in [0.5, 0.6) is 0 Å². The van der Waals surface area contributed by atoms with E-state index in [9.17, 15) is 8.78 Å². The van der Waals surface area contributed by atoms with E-state index in [2.05, 4.69) is 0 Å². The van der Waals surface area contributed by atoms with E-state index in [0.29, 0.717) is 0 Å². The smallest absolute Gasteiger partial charge is 0.159 e. The minimum atomic E-state index is -1.56. The second-order valence-corrected chi connectivity index (χ2v) is 2.89. The van der Waals surface area contributed by atoms with Gasteiger partial charge < -0.3 is 4.74 Å². The number of methoxy groups -OCH3 is 1. The van der Waals surface area contributed by atoms with E-state index >= 15 is 0 Å². The van der Waals surface area contributed by atoms with Gasteiger partial charge in [0, 0.05) is 7.11 Å².